The number of hydrogen-bond donors (Lipinski definition) is 1. The molecule has 1 N–H and O–H groups in total. The number of rotatable bonds is 4. The molecule has 0 aliphatic carbocycles. The van der Waals surface area contributed by atoms with Crippen LogP contribution in [0, 0.1) is 24.0 Å². The Morgan fingerprint density at radius 3 is 2.47 bits per heavy atom. The molecule has 2 aromatic rings. The van der Waals surface area contributed by atoms with Crippen LogP contribution in [-0.2, 0) is 6.54 Å². The van der Waals surface area contributed by atoms with Gasteiger partial charge < -0.3 is 5.32 Å². The van der Waals surface area contributed by atoms with E-state index in [0.717, 1.165) is 16.7 Å². The highest BCUT2D eigenvalue weighted by Crippen LogP contribution is 2.28. The Kier molecular flexibility index (Phi) is 3.70. The third-order valence-electron chi connectivity index (χ3n) is 2.91. The summed E-state index contributed by atoms with van der Waals surface area (Å²) in [6.07, 6.45) is 4.79. The molecule has 0 unspecified atom stereocenters. The van der Waals surface area contributed by atoms with Gasteiger partial charge in [0, 0.05) is 30.6 Å². The van der Waals surface area contributed by atoms with Gasteiger partial charge in [0.25, 0.3) is 5.69 Å². The van der Waals surface area contributed by atoms with Crippen LogP contribution in [0.15, 0.2) is 30.9 Å². The molecule has 0 amide bonds. The van der Waals surface area contributed by atoms with E-state index >= 15 is 0 Å². The molecule has 1 aromatic heterocycles. The van der Waals surface area contributed by atoms with Crippen molar-refractivity contribution in [3.63, 3.8) is 0 Å². The molecule has 98 valence electrons. The average Bonchev–Trinajstić information content (AvgIpc) is 2.40. The smallest absolute Gasteiger partial charge is 0.292 e. The molecule has 19 heavy (non-hydrogen) atoms. The Bertz CT molecular complexity index is 599. The molecule has 0 saturated heterocycles. The molecule has 0 radical (unpaired) electrons. The van der Waals surface area contributed by atoms with Crippen LogP contribution in [0.5, 0.6) is 0 Å². The van der Waals surface area contributed by atoms with Crippen LogP contribution in [-0.4, -0.2) is 14.9 Å². The molecular weight excluding hydrogens is 244 g/mol. The molecule has 0 bridgehead atoms. The normalized spacial score (nSPS) is 10.2. The predicted molar refractivity (Wildman–Crippen MR) is 71.9 cm³/mol. The zero-order valence-corrected chi connectivity index (χ0v) is 10.8. The highest BCUT2D eigenvalue weighted by atomic mass is 16.6. The summed E-state index contributed by atoms with van der Waals surface area (Å²) in [7, 11) is 0. The quantitative estimate of drug-likeness (QED) is 0.673. The lowest BCUT2D eigenvalue weighted by atomic mass is 10.1. The molecule has 0 spiro atoms. The van der Waals surface area contributed by atoms with E-state index in [1.165, 1.54) is 6.33 Å². The highest BCUT2D eigenvalue weighted by molar-refractivity contribution is 5.64. The van der Waals surface area contributed by atoms with Crippen molar-refractivity contribution in [2.75, 3.05) is 5.32 Å². The highest BCUT2D eigenvalue weighted by Gasteiger charge is 2.15. The van der Waals surface area contributed by atoms with Crippen molar-refractivity contribution in [3.8, 4) is 0 Å². The van der Waals surface area contributed by atoms with E-state index in [0.29, 0.717) is 12.2 Å². The number of hydrogen-bond acceptors (Lipinski definition) is 5. The topological polar surface area (TPSA) is 81.0 Å². The predicted octanol–water partition coefficient (Wildman–Crippen LogP) is 2.61. The molecule has 0 fully saturated rings. The van der Waals surface area contributed by atoms with Gasteiger partial charge in [-0.25, -0.2) is 9.97 Å². The largest absolute Gasteiger partial charge is 0.375 e. The first-order valence-electron chi connectivity index (χ1n) is 5.81. The first kappa shape index (κ1) is 12.9. The molecule has 0 saturated carbocycles. The van der Waals surface area contributed by atoms with Crippen LogP contribution >= 0.6 is 0 Å². The van der Waals surface area contributed by atoms with Crippen molar-refractivity contribution in [1.29, 1.82) is 0 Å². The number of nitrogens with zero attached hydrogens (tertiary/aromatic N) is 3. The first-order valence-corrected chi connectivity index (χ1v) is 5.81. The van der Waals surface area contributed by atoms with Gasteiger partial charge in [0.2, 0.25) is 0 Å². The molecule has 6 nitrogen and oxygen atoms in total. The summed E-state index contributed by atoms with van der Waals surface area (Å²) in [5.74, 6) is 0. The molecule has 6 heteroatoms. The summed E-state index contributed by atoms with van der Waals surface area (Å²) in [6, 6.07) is 3.37. The van der Waals surface area contributed by atoms with E-state index in [9.17, 15) is 10.1 Å². The van der Waals surface area contributed by atoms with E-state index in [-0.39, 0.29) is 10.6 Å². The average molecular weight is 258 g/mol. The number of aryl methyl sites for hydroxylation is 2. The Morgan fingerprint density at radius 2 is 1.84 bits per heavy atom. The third-order valence-corrected chi connectivity index (χ3v) is 2.91. The molecular formula is C13H14N4O2. The summed E-state index contributed by atoms with van der Waals surface area (Å²) in [4.78, 5) is 18.5. The standard InChI is InChI=1S/C13H14N4O2/c1-9-3-12(13(17(18)19)4-10(9)2)16-7-11-5-14-8-15-6-11/h3-6,8,16H,7H2,1-2H3. The van der Waals surface area contributed by atoms with Gasteiger partial charge in [0.15, 0.2) is 0 Å². The number of nitro groups is 1. The lowest BCUT2D eigenvalue weighted by molar-refractivity contribution is -0.384. The van der Waals surface area contributed by atoms with Gasteiger partial charge in [-0.1, -0.05) is 0 Å². The fraction of sp³-hybridized carbons (Fsp3) is 0.231. The fourth-order valence-corrected chi connectivity index (χ4v) is 1.71. The summed E-state index contributed by atoms with van der Waals surface area (Å²) in [6.45, 7) is 4.23. The second-order valence-electron chi connectivity index (χ2n) is 4.31. The van der Waals surface area contributed by atoms with Gasteiger partial charge in [0.1, 0.15) is 12.0 Å². The number of nitrogens with one attached hydrogen (secondary N) is 1. The van der Waals surface area contributed by atoms with Crippen molar-refractivity contribution in [1.82, 2.24) is 9.97 Å². The SMILES string of the molecule is Cc1cc(NCc2cncnc2)c([N+](=O)[O-])cc1C. The van der Waals surface area contributed by atoms with E-state index in [1.54, 1.807) is 24.5 Å². The minimum absolute atomic E-state index is 0.0833. The van der Waals surface area contributed by atoms with Crippen molar-refractivity contribution in [2.24, 2.45) is 0 Å². The van der Waals surface area contributed by atoms with E-state index in [1.807, 2.05) is 13.8 Å². The van der Waals surface area contributed by atoms with Crippen LogP contribution < -0.4 is 5.32 Å². The van der Waals surface area contributed by atoms with Gasteiger partial charge >= 0.3 is 0 Å². The summed E-state index contributed by atoms with van der Waals surface area (Å²) < 4.78 is 0. The number of benzene rings is 1. The summed E-state index contributed by atoms with van der Waals surface area (Å²) in [5.41, 5.74) is 3.38. The van der Waals surface area contributed by atoms with E-state index in [4.69, 9.17) is 0 Å². The van der Waals surface area contributed by atoms with Gasteiger partial charge in [0.05, 0.1) is 4.92 Å². The minimum atomic E-state index is -0.379. The molecule has 1 aromatic carbocycles. The number of anilines is 1. The number of aromatic nitrogens is 2. The van der Waals surface area contributed by atoms with Gasteiger partial charge in [-0.2, -0.15) is 0 Å². The van der Waals surface area contributed by atoms with Crippen LogP contribution in [0.3, 0.4) is 0 Å². The second-order valence-corrected chi connectivity index (χ2v) is 4.31. The zero-order valence-electron chi connectivity index (χ0n) is 10.8. The van der Waals surface area contributed by atoms with Crippen LogP contribution in [0.1, 0.15) is 16.7 Å². The van der Waals surface area contributed by atoms with Crippen LogP contribution in [0.2, 0.25) is 0 Å². The van der Waals surface area contributed by atoms with Gasteiger partial charge in [-0.15, -0.1) is 0 Å². The lowest BCUT2D eigenvalue weighted by Crippen LogP contribution is -2.04. The summed E-state index contributed by atoms with van der Waals surface area (Å²) in [5, 5.41) is 14.1. The minimum Gasteiger partial charge on any atom is -0.375 e. The molecule has 0 atom stereocenters. The van der Waals surface area contributed by atoms with Crippen molar-refractivity contribution in [3.05, 3.63) is 57.7 Å². The second kappa shape index (κ2) is 5.43. The Hall–Kier alpha value is -2.50. The van der Waals surface area contributed by atoms with Gasteiger partial charge in [-0.05, 0) is 31.0 Å². The maximum absolute atomic E-state index is 11.0. The van der Waals surface area contributed by atoms with E-state index in [2.05, 4.69) is 15.3 Å². The monoisotopic (exact) mass is 258 g/mol. The lowest BCUT2D eigenvalue weighted by Gasteiger charge is -2.09. The summed E-state index contributed by atoms with van der Waals surface area (Å²) >= 11 is 0. The Morgan fingerprint density at radius 1 is 1.21 bits per heavy atom. The van der Waals surface area contributed by atoms with Crippen LogP contribution in [0.25, 0.3) is 0 Å². The van der Waals surface area contributed by atoms with Crippen LogP contribution in [0.4, 0.5) is 11.4 Å². The Labute approximate surface area is 110 Å². The molecule has 1 heterocycles. The zero-order chi connectivity index (χ0) is 13.8. The van der Waals surface area contributed by atoms with Crippen molar-refractivity contribution >= 4 is 11.4 Å². The number of nitro benzene ring substituents is 1. The molecule has 2 rings (SSSR count). The first-order chi connectivity index (χ1) is 9.08. The fourth-order valence-electron chi connectivity index (χ4n) is 1.71. The molecule has 0 aliphatic heterocycles. The van der Waals surface area contributed by atoms with Crippen molar-refractivity contribution < 1.29 is 4.92 Å². The molecule has 0 aliphatic rings. The third kappa shape index (κ3) is 3.04. The van der Waals surface area contributed by atoms with Crippen molar-refractivity contribution in [2.45, 2.75) is 20.4 Å². The van der Waals surface area contributed by atoms with Gasteiger partial charge in [-0.3, -0.25) is 10.1 Å². The Balaban J connectivity index is 2.24. The van der Waals surface area contributed by atoms with E-state index < -0.39 is 0 Å². The maximum atomic E-state index is 11.0. The maximum Gasteiger partial charge on any atom is 0.292 e.